The average molecular weight is 271 g/mol. The van der Waals surface area contributed by atoms with Gasteiger partial charge in [0.15, 0.2) is 0 Å². The highest BCUT2D eigenvalue weighted by atomic mass is 16.2. The number of hydrogen-bond donors (Lipinski definition) is 1. The van der Waals surface area contributed by atoms with Crippen molar-refractivity contribution in [3.05, 3.63) is 29.8 Å². The molecule has 2 amide bonds. The van der Waals surface area contributed by atoms with Crippen molar-refractivity contribution in [2.75, 3.05) is 12.4 Å². The molecule has 0 heterocycles. The van der Waals surface area contributed by atoms with Crippen LogP contribution in [0.4, 0.5) is 10.5 Å². The largest absolute Gasteiger partial charge is 0.325 e. The van der Waals surface area contributed by atoms with Crippen molar-refractivity contribution in [1.29, 1.82) is 5.26 Å². The number of amides is 2. The fourth-order valence-electron chi connectivity index (χ4n) is 2.65. The third kappa shape index (κ3) is 3.74. The van der Waals surface area contributed by atoms with E-state index in [4.69, 9.17) is 5.26 Å². The SMILES string of the molecule is CN(C(=O)Nc1ccc(C#N)cc1)C1CCCCCC1. The molecule has 1 aliphatic rings. The summed E-state index contributed by atoms with van der Waals surface area (Å²) < 4.78 is 0. The highest BCUT2D eigenvalue weighted by molar-refractivity contribution is 5.89. The van der Waals surface area contributed by atoms with Gasteiger partial charge in [-0.25, -0.2) is 4.79 Å². The van der Waals surface area contributed by atoms with Gasteiger partial charge in [-0.2, -0.15) is 5.26 Å². The van der Waals surface area contributed by atoms with Crippen LogP contribution in [0.3, 0.4) is 0 Å². The van der Waals surface area contributed by atoms with Gasteiger partial charge in [-0.1, -0.05) is 25.7 Å². The zero-order chi connectivity index (χ0) is 14.4. The summed E-state index contributed by atoms with van der Waals surface area (Å²) >= 11 is 0. The smallest absolute Gasteiger partial charge is 0.321 e. The fraction of sp³-hybridized carbons (Fsp3) is 0.500. The predicted molar refractivity (Wildman–Crippen MR) is 79.4 cm³/mol. The molecule has 0 spiro atoms. The standard InChI is InChI=1S/C16H21N3O/c1-19(15-6-4-2-3-5-7-15)16(20)18-14-10-8-13(12-17)9-11-14/h8-11,15H,2-7H2,1H3,(H,18,20). The highest BCUT2D eigenvalue weighted by Crippen LogP contribution is 2.21. The van der Waals surface area contributed by atoms with Crippen LogP contribution in [0.25, 0.3) is 0 Å². The van der Waals surface area contributed by atoms with Crippen LogP contribution in [-0.4, -0.2) is 24.0 Å². The van der Waals surface area contributed by atoms with Gasteiger partial charge in [0, 0.05) is 18.8 Å². The van der Waals surface area contributed by atoms with Crippen LogP contribution in [0.15, 0.2) is 24.3 Å². The number of hydrogen-bond acceptors (Lipinski definition) is 2. The molecular weight excluding hydrogens is 250 g/mol. The lowest BCUT2D eigenvalue weighted by Gasteiger charge is -2.27. The van der Waals surface area contributed by atoms with Gasteiger partial charge in [0.25, 0.3) is 0 Å². The van der Waals surface area contributed by atoms with Gasteiger partial charge in [-0.05, 0) is 37.1 Å². The molecule has 2 rings (SSSR count). The molecule has 0 radical (unpaired) electrons. The fourth-order valence-corrected chi connectivity index (χ4v) is 2.65. The summed E-state index contributed by atoms with van der Waals surface area (Å²) in [4.78, 5) is 14.1. The van der Waals surface area contributed by atoms with Crippen molar-refractivity contribution < 1.29 is 4.79 Å². The summed E-state index contributed by atoms with van der Waals surface area (Å²) in [5.74, 6) is 0. The molecule has 0 bridgehead atoms. The van der Waals surface area contributed by atoms with E-state index in [-0.39, 0.29) is 6.03 Å². The molecule has 1 fully saturated rings. The van der Waals surface area contributed by atoms with Gasteiger partial charge in [-0.3, -0.25) is 0 Å². The van der Waals surface area contributed by atoms with E-state index in [2.05, 4.69) is 11.4 Å². The number of urea groups is 1. The van der Waals surface area contributed by atoms with Gasteiger partial charge in [0.2, 0.25) is 0 Å². The summed E-state index contributed by atoms with van der Waals surface area (Å²) in [7, 11) is 1.87. The Bertz CT molecular complexity index is 481. The Balaban J connectivity index is 1.94. The molecule has 20 heavy (non-hydrogen) atoms. The van der Waals surface area contributed by atoms with Crippen LogP contribution in [0.1, 0.15) is 44.1 Å². The zero-order valence-electron chi connectivity index (χ0n) is 11.9. The first kappa shape index (κ1) is 14.4. The van der Waals surface area contributed by atoms with Crippen LogP contribution >= 0.6 is 0 Å². The van der Waals surface area contributed by atoms with Crippen LogP contribution in [0.2, 0.25) is 0 Å². The molecule has 1 aromatic rings. The Morgan fingerprint density at radius 1 is 1.20 bits per heavy atom. The number of nitrogens with one attached hydrogen (secondary N) is 1. The number of benzene rings is 1. The molecule has 1 aromatic carbocycles. The van der Waals surface area contributed by atoms with E-state index < -0.39 is 0 Å². The Labute approximate surface area is 120 Å². The molecule has 0 aromatic heterocycles. The summed E-state index contributed by atoms with van der Waals surface area (Å²) in [6.07, 6.45) is 7.16. The Morgan fingerprint density at radius 2 is 1.80 bits per heavy atom. The maximum atomic E-state index is 12.2. The van der Waals surface area contributed by atoms with E-state index in [0.29, 0.717) is 11.6 Å². The van der Waals surface area contributed by atoms with Crippen molar-refractivity contribution in [3.63, 3.8) is 0 Å². The van der Waals surface area contributed by atoms with Crippen LogP contribution < -0.4 is 5.32 Å². The first-order chi connectivity index (χ1) is 9.70. The number of rotatable bonds is 2. The number of nitriles is 1. The third-order valence-corrected chi connectivity index (χ3v) is 3.96. The molecule has 0 saturated heterocycles. The van der Waals surface area contributed by atoms with Gasteiger partial charge in [0.1, 0.15) is 0 Å². The van der Waals surface area contributed by atoms with E-state index in [1.54, 1.807) is 24.3 Å². The Kier molecular flexibility index (Phi) is 5.00. The van der Waals surface area contributed by atoms with Crippen molar-refractivity contribution >= 4 is 11.7 Å². The second-order valence-corrected chi connectivity index (χ2v) is 5.38. The normalized spacial score (nSPS) is 16.0. The lowest BCUT2D eigenvalue weighted by atomic mass is 10.1. The topological polar surface area (TPSA) is 56.1 Å². The monoisotopic (exact) mass is 271 g/mol. The molecule has 0 atom stereocenters. The van der Waals surface area contributed by atoms with Crippen molar-refractivity contribution in [3.8, 4) is 6.07 Å². The van der Waals surface area contributed by atoms with Crippen molar-refractivity contribution in [2.24, 2.45) is 0 Å². The number of carbonyl (C=O) groups is 1. The van der Waals surface area contributed by atoms with E-state index >= 15 is 0 Å². The first-order valence-electron chi connectivity index (χ1n) is 7.24. The van der Waals surface area contributed by atoms with E-state index in [1.165, 1.54) is 25.7 Å². The molecule has 1 aliphatic carbocycles. The van der Waals surface area contributed by atoms with Crippen molar-refractivity contribution in [2.45, 2.75) is 44.6 Å². The maximum Gasteiger partial charge on any atom is 0.321 e. The Morgan fingerprint density at radius 3 is 2.35 bits per heavy atom. The Hall–Kier alpha value is -2.02. The predicted octanol–water partition coefficient (Wildman–Crippen LogP) is 3.74. The summed E-state index contributed by atoms with van der Waals surface area (Å²) in [6.45, 7) is 0. The van der Waals surface area contributed by atoms with Crippen molar-refractivity contribution in [1.82, 2.24) is 4.90 Å². The molecule has 106 valence electrons. The van der Waals surface area contributed by atoms with Gasteiger partial charge in [-0.15, -0.1) is 0 Å². The second-order valence-electron chi connectivity index (χ2n) is 5.38. The van der Waals surface area contributed by atoms with Crippen LogP contribution in [-0.2, 0) is 0 Å². The average Bonchev–Trinajstić information content (AvgIpc) is 2.76. The lowest BCUT2D eigenvalue weighted by Crippen LogP contribution is -2.39. The first-order valence-corrected chi connectivity index (χ1v) is 7.24. The summed E-state index contributed by atoms with van der Waals surface area (Å²) in [5.41, 5.74) is 1.33. The number of carbonyl (C=O) groups excluding carboxylic acids is 1. The molecule has 0 aliphatic heterocycles. The molecule has 1 N–H and O–H groups in total. The minimum atomic E-state index is -0.0680. The molecule has 0 unspecified atom stereocenters. The molecule has 1 saturated carbocycles. The summed E-state index contributed by atoms with van der Waals surface area (Å²) in [6, 6.07) is 9.28. The minimum absolute atomic E-state index is 0.0680. The highest BCUT2D eigenvalue weighted by Gasteiger charge is 2.21. The zero-order valence-corrected chi connectivity index (χ0v) is 11.9. The van der Waals surface area contributed by atoms with E-state index in [0.717, 1.165) is 18.5 Å². The lowest BCUT2D eigenvalue weighted by molar-refractivity contribution is 0.197. The van der Waals surface area contributed by atoms with Crippen LogP contribution in [0.5, 0.6) is 0 Å². The summed E-state index contributed by atoms with van der Waals surface area (Å²) in [5, 5.41) is 11.6. The van der Waals surface area contributed by atoms with E-state index in [9.17, 15) is 4.79 Å². The second kappa shape index (κ2) is 6.95. The third-order valence-electron chi connectivity index (χ3n) is 3.96. The van der Waals surface area contributed by atoms with Crippen LogP contribution in [0, 0.1) is 11.3 Å². The minimum Gasteiger partial charge on any atom is -0.325 e. The number of nitrogens with zero attached hydrogens (tertiary/aromatic N) is 2. The number of anilines is 1. The van der Waals surface area contributed by atoms with Gasteiger partial charge < -0.3 is 10.2 Å². The van der Waals surface area contributed by atoms with Gasteiger partial charge in [0.05, 0.1) is 11.6 Å². The van der Waals surface area contributed by atoms with Gasteiger partial charge >= 0.3 is 6.03 Å². The van der Waals surface area contributed by atoms with E-state index in [1.807, 2.05) is 11.9 Å². The molecule has 4 heteroatoms. The quantitative estimate of drug-likeness (QED) is 0.833. The molecule has 4 nitrogen and oxygen atoms in total. The molecular formula is C16H21N3O. The maximum absolute atomic E-state index is 12.2.